The molecule has 1 fully saturated rings. The van der Waals surface area contributed by atoms with Crippen LogP contribution in [0.2, 0.25) is 0 Å². The van der Waals surface area contributed by atoms with Crippen molar-refractivity contribution < 1.29 is 19.0 Å². The maximum atomic E-state index is 12.5. The lowest BCUT2D eigenvalue weighted by atomic mass is 10.1. The van der Waals surface area contributed by atoms with Gasteiger partial charge in [0.25, 0.3) is 0 Å². The van der Waals surface area contributed by atoms with Crippen LogP contribution in [-0.4, -0.2) is 35.3 Å². The molecule has 0 unspecified atom stereocenters. The van der Waals surface area contributed by atoms with Gasteiger partial charge in [-0.25, -0.2) is 14.8 Å². The first-order valence-corrected chi connectivity index (χ1v) is 11.5. The zero-order valence-corrected chi connectivity index (χ0v) is 20.2. The molecule has 1 heterocycles. The fraction of sp³-hybridized carbons (Fsp3) is 0.370. The first-order chi connectivity index (χ1) is 16.3. The molecule has 7 nitrogen and oxygen atoms in total. The van der Waals surface area contributed by atoms with E-state index in [0.717, 1.165) is 16.9 Å². The van der Waals surface area contributed by atoms with Crippen LogP contribution in [0, 0.1) is 5.92 Å². The molecular formula is C27H31N3O4. The number of rotatable bonds is 9. The van der Waals surface area contributed by atoms with E-state index in [2.05, 4.69) is 14.9 Å². The van der Waals surface area contributed by atoms with E-state index in [-0.39, 0.29) is 5.97 Å². The molecule has 1 saturated carbocycles. The summed E-state index contributed by atoms with van der Waals surface area (Å²) in [6, 6.07) is 13.3. The summed E-state index contributed by atoms with van der Waals surface area (Å²) in [5.41, 5.74) is 2.75. The van der Waals surface area contributed by atoms with Gasteiger partial charge in [-0.1, -0.05) is 0 Å². The minimum atomic E-state index is -0.547. The summed E-state index contributed by atoms with van der Waals surface area (Å²) in [4.78, 5) is 22.9. The van der Waals surface area contributed by atoms with Gasteiger partial charge in [-0.05, 0) is 75.9 Å². The molecular weight excluding hydrogens is 430 g/mol. The molecule has 178 valence electrons. The number of benzene rings is 2. The van der Waals surface area contributed by atoms with Gasteiger partial charge in [-0.2, -0.15) is 0 Å². The van der Waals surface area contributed by atoms with Crippen molar-refractivity contribution >= 4 is 17.3 Å². The first-order valence-electron chi connectivity index (χ1n) is 11.5. The number of carbonyl (C=O) groups is 1. The topological polar surface area (TPSA) is 73.8 Å². The second kappa shape index (κ2) is 10.1. The van der Waals surface area contributed by atoms with Crippen molar-refractivity contribution in [3.05, 3.63) is 72.3 Å². The number of hydrogen-bond donors (Lipinski definition) is 0. The quantitative estimate of drug-likeness (QED) is 0.386. The highest BCUT2D eigenvalue weighted by Crippen LogP contribution is 2.37. The summed E-state index contributed by atoms with van der Waals surface area (Å²) in [6.07, 6.45) is 7.53. The Bertz CT molecular complexity index is 1110. The molecule has 1 aliphatic carbocycles. The highest BCUT2D eigenvalue weighted by Gasteiger charge is 2.23. The molecule has 0 radical (unpaired) electrons. The Morgan fingerprint density at radius 3 is 2.29 bits per heavy atom. The minimum Gasteiger partial charge on any atom is -0.493 e. The van der Waals surface area contributed by atoms with Crippen LogP contribution in [0.3, 0.4) is 0 Å². The maximum absolute atomic E-state index is 12.5. The summed E-state index contributed by atoms with van der Waals surface area (Å²) >= 11 is 0. The summed E-state index contributed by atoms with van der Waals surface area (Å²) in [5.74, 6) is 1.70. The highest BCUT2D eigenvalue weighted by molar-refractivity contribution is 5.90. The molecule has 0 amide bonds. The Hall–Kier alpha value is -3.61. The largest absolute Gasteiger partial charge is 0.493 e. The Kier molecular flexibility index (Phi) is 7.01. The number of anilines is 2. The summed E-state index contributed by atoms with van der Waals surface area (Å²) in [6.45, 7) is 6.80. The molecule has 1 aromatic heterocycles. The molecule has 7 heteroatoms. The molecule has 0 spiro atoms. The van der Waals surface area contributed by atoms with Gasteiger partial charge < -0.3 is 19.1 Å². The lowest BCUT2D eigenvalue weighted by Gasteiger charge is -2.26. The van der Waals surface area contributed by atoms with E-state index < -0.39 is 5.60 Å². The van der Waals surface area contributed by atoms with Crippen LogP contribution in [0.1, 0.15) is 49.5 Å². The Morgan fingerprint density at radius 2 is 1.68 bits per heavy atom. The summed E-state index contributed by atoms with van der Waals surface area (Å²) in [5, 5.41) is 0. The van der Waals surface area contributed by atoms with Crippen LogP contribution in [0.25, 0.3) is 0 Å². The van der Waals surface area contributed by atoms with E-state index in [0.29, 0.717) is 36.1 Å². The van der Waals surface area contributed by atoms with Crippen molar-refractivity contribution in [1.82, 2.24) is 9.97 Å². The van der Waals surface area contributed by atoms with Crippen molar-refractivity contribution in [2.45, 2.75) is 45.8 Å². The molecule has 0 atom stereocenters. The number of hydrogen-bond acceptors (Lipinski definition) is 7. The lowest BCUT2D eigenvalue weighted by molar-refractivity contribution is 0.00695. The monoisotopic (exact) mass is 461 g/mol. The van der Waals surface area contributed by atoms with E-state index in [1.54, 1.807) is 31.6 Å². The van der Waals surface area contributed by atoms with Crippen molar-refractivity contribution in [2.24, 2.45) is 5.92 Å². The van der Waals surface area contributed by atoms with Crippen molar-refractivity contribution in [2.75, 3.05) is 18.6 Å². The van der Waals surface area contributed by atoms with Gasteiger partial charge in [0.2, 0.25) is 0 Å². The number of ether oxygens (including phenoxy) is 3. The van der Waals surface area contributed by atoms with Gasteiger partial charge >= 0.3 is 5.97 Å². The molecule has 4 rings (SSSR count). The minimum absolute atomic E-state index is 0.345. The number of aromatic nitrogens is 2. The third-order valence-electron chi connectivity index (χ3n) is 5.40. The Labute approximate surface area is 200 Å². The van der Waals surface area contributed by atoms with Crippen molar-refractivity contribution in [3.63, 3.8) is 0 Å². The number of nitrogens with zero attached hydrogens (tertiary/aromatic N) is 3. The Balaban J connectivity index is 1.64. The van der Waals surface area contributed by atoms with Crippen molar-refractivity contribution in [1.29, 1.82) is 0 Å². The van der Waals surface area contributed by atoms with Gasteiger partial charge in [0, 0.05) is 35.4 Å². The smallest absolute Gasteiger partial charge is 0.338 e. The van der Waals surface area contributed by atoms with Crippen LogP contribution < -0.4 is 14.4 Å². The molecule has 0 saturated heterocycles. The van der Waals surface area contributed by atoms with Crippen LogP contribution in [0.4, 0.5) is 11.4 Å². The third kappa shape index (κ3) is 6.25. The van der Waals surface area contributed by atoms with Gasteiger partial charge in [0.1, 0.15) is 11.9 Å². The normalized spacial score (nSPS) is 13.3. The molecule has 0 bridgehead atoms. The molecule has 3 aromatic rings. The second-order valence-electron chi connectivity index (χ2n) is 9.47. The highest BCUT2D eigenvalue weighted by atomic mass is 16.6. The molecule has 0 aliphatic heterocycles. The predicted molar refractivity (Wildman–Crippen MR) is 131 cm³/mol. The molecule has 2 aromatic carbocycles. The lowest BCUT2D eigenvalue weighted by Crippen LogP contribution is -2.24. The van der Waals surface area contributed by atoms with Crippen LogP contribution in [-0.2, 0) is 11.3 Å². The van der Waals surface area contributed by atoms with Crippen molar-refractivity contribution in [3.8, 4) is 11.5 Å². The van der Waals surface area contributed by atoms with Gasteiger partial charge in [0.05, 0.1) is 25.8 Å². The molecule has 34 heavy (non-hydrogen) atoms. The maximum Gasteiger partial charge on any atom is 0.338 e. The predicted octanol–water partition coefficient (Wildman–Crippen LogP) is 5.57. The van der Waals surface area contributed by atoms with Crippen LogP contribution in [0.5, 0.6) is 11.5 Å². The summed E-state index contributed by atoms with van der Waals surface area (Å²) < 4.78 is 17.1. The van der Waals surface area contributed by atoms with E-state index >= 15 is 0 Å². The van der Waals surface area contributed by atoms with Crippen LogP contribution in [0.15, 0.2) is 61.2 Å². The van der Waals surface area contributed by atoms with Gasteiger partial charge in [0.15, 0.2) is 11.5 Å². The van der Waals surface area contributed by atoms with Gasteiger partial charge in [-0.15, -0.1) is 0 Å². The standard InChI is InChI=1S/C27H31N3O4/c1-27(2,3)34-26(31)21-7-9-22(10-8-21)30(16-20-14-28-18-29-15-20)23-11-12-24(32-4)25(13-23)33-17-19-5-6-19/h7-15,18-19H,5-6,16-17H2,1-4H3. The average molecular weight is 462 g/mol. The first kappa shape index (κ1) is 23.5. The van der Waals surface area contributed by atoms with E-state index in [1.165, 1.54) is 19.2 Å². The van der Waals surface area contributed by atoms with Crippen LogP contribution >= 0.6 is 0 Å². The third-order valence-corrected chi connectivity index (χ3v) is 5.40. The zero-order valence-electron chi connectivity index (χ0n) is 20.2. The fourth-order valence-corrected chi connectivity index (χ4v) is 3.48. The molecule has 1 aliphatic rings. The molecule has 0 N–H and O–H groups in total. The Morgan fingerprint density at radius 1 is 1.00 bits per heavy atom. The van der Waals surface area contributed by atoms with E-state index in [1.807, 2.05) is 51.1 Å². The number of methoxy groups -OCH3 is 1. The number of esters is 1. The summed E-state index contributed by atoms with van der Waals surface area (Å²) in [7, 11) is 1.65. The SMILES string of the molecule is COc1ccc(N(Cc2cncnc2)c2ccc(C(=O)OC(C)(C)C)cc2)cc1OCC1CC1. The zero-order chi connectivity index (χ0) is 24.1. The average Bonchev–Trinajstić information content (AvgIpc) is 3.65. The van der Waals surface area contributed by atoms with Gasteiger partial charge in [-0.3, -0.25) is 0 Å². The van der Waals surface area contributed by atoms with E-state index in [4.69, 9.17) is 14.2 Å². The fourth-order valence-electron chi connectivity index (χ4n) is 3.48. The number of carbonyl (C=O) groups excluding carboxylic acids is 1. The second-order valence-corrected chi connectivity index (χ2v) is 9.47. The van der Waals surface area contributed by atoms with E-state index in [9.17, 15) is 4.79 Å².